The maximum absolute atomic E-state index is 10.6. The summed E-state index contributed by atoms with van der Waals surface area (Å²) in [6.45, 7) is 7.23. The Morgan fingerprint density at radius 2 is 1.33 bits per heavy atom. The Labute approximate surface area is 264 Å². The summed E-state index contributed by atoms with van der Waals surface area (Å²) in [5.41, 5.74) is 0.318. The molecule has 0 aromatic heterocycles. The topological polar surface area (TPSA) is 219 Å². The van der Waals surface area contributed by atoms with Crippen molar-refractivity contribution in [3.8, 4) is 0 Å². The fraction of sp³-hybridized carbons (Fsp3) is 0.938. The fourth-order valence-corrected chi connectivity index (χ4v) is 9.32. The average Bonchev–Trinajstić information content (AvgIpc) is 3.00. The number of allylic oxidation sites excluding steroid dienone is 1. The van der Waals surface area contributed by atoms with E-state index >= 15 is 0 Å². The molecule has 260 valence electrons. The molecule has 2 aliphatic heterocycles. The molecule has 13 nitrogen and oxygen atoms in total. The molecule has 0 unspecified atom stereocenters. The molecule has 2 saturated heterocycles. The Balaban J connectivity index is 1.30. The molecule has 16 atom stereocenters. The molecule has 0 bridgehead atoms. The molecule has 2 heterocycles. The first kappa shape index (κ1) is 35.5. The molecule has 13 heteroatoms. The molecule has 0 spiro atoms. The average molecular weight is 647 g/mol. The fourth-order valence-electron chi connectivity index (χ4n) is 9.32. The van der Waals surface area contributed by atoms with Crippen molar-refractivity contribution in [1.82, 2.24) is 0 Å². The van der Waals surface area contributed by atoms with Crippen molar-refractivity contribution < 1.29 is 64.9 Å². The van der Waals surface area contributed by atoms with Gasteiger partial charge in [-0.3, -0.25) is 0 Å². The number of aliphatic hydroxyl groups excluding tert-OH is 9. The lowest BCUT2D eigenvalue weighted by Gasteiger charge is -2.62. The smallest absolute Gasteiger partial charge is 0.187 e. The minimum absolute atomic E-state index is 0.0585. The monoisotopic (exact) mass is 646 g/mol. The Morgan fingerprint density at radius 3 is 1.91 bits per heavy atom. The number of fused-ring (bicyclic) bond motifs is 3. The van der Waals surface area contributed by atoms with E-state index in [0.717, 1.165) is 25.7 Å². The molecule has 0 aromatic carbocycles. The predicted molar refractivity (Wildman–Crippen MR) is 157 cm³/mol. The van der Waals surface area contributed by atoms with Crippen LogP contribution in [0.4, 0.5) is 0 Å². The molecular formula is C32H54O13. The van der Waals surface area contributed by atoms with Gasteiger partial charge < -0.3 is 64.9 Å². The van der Waals surface area contributed by atoms with E-state index in [4.69, 9.17) is 18.9 Å². The quantitative estimate of drug-likeness (QED) is 0.113. The van der Waals surface area contributed by atoms with Crippen molar-refractivity contribution in [3.63, 3.8) is 0 Å². The van der Waals surface area contributed by atoms with E-state index in [1.165, 1.54) is 5.57 Å². The molecule has 2 saturated carbocycles. The van der Waals surface area contributed by atoms with Crippen LogP contribution in [0.2, 0.25) is 0 Å². The Bertz CT molecular complexity index is 1050. The van der Waals surface area contributed by atoms with Crippen LogP contribution in [-0.4, -0.2) is 139 Å². The van der Waals surface area contributed by atoms with Gasteiger partial charge in [0.2, 0.25) is 0 Å². The van der Waals surface area contributed by atoms with Gasteiger partial charge in [0.1, 0.15) is 48.8 Å². The van der Waals surface area contributed by atoms with Gasteiger partial charge in [-0.1, -0.05) is 39.3 Å². The first-order valence-electron chi connectivity index (χ1n) is 16.4. The van der Waals surface area contributed by atoms with E-state index < -0.39 is 86.1 Å². The van der Waals surface area contributed by atoms with Crippen LogP contribution in [0.15, 0.2) is 11.6 Å². The van der Waals surface area contributed by atoms with E-state index in [1.54, 1.807) is 0 Å². The molecule has 0 amide bonds. The third-order valence-corrected chi connectivity index (χ3v) is 12.1. The lowest BCUT2D eigenvalue weighted by Crippen LogP contribution is -2.62. The van der Waals surface area contributed by atoms with Gasteiger partial charge in [-0.15, -0.1) is 0 Å². The van der Waals surface area contributed by atoms with Crippen molar-refractivity contribution in [2.24, 2.45) is 28.1 Å². The van der Waals surface area contributed by atoms with Crippen LogP contribution in [-0.2, 0) is 18.9 Å². The number of ether oxygens (including phenoxy) is 4. The van der Waals surface area contributed by atoms with E-state index in [0.29, 0.717) is 12.8 Å². The van der Waals surface area contributed by atoms with Crippen LogP contribution in [0.1, 0.15) is 66.2 Å². The minimum Gasteiger partial charge on any atom is -0.394 e. The summed E-state index contributed by atoms with van der Waals surface area (Å²) in [4.78, 5) is 0. The van der Waals surface area contributed by atoms with Crippen molar-refractivity contribution >= 4 is 0 Å². The molecule has 9 N–H and O–H groups in total. The van der Waals surface area contributed by atoms with E-state index in [2.05, 4.69) is 26.8 Å². The Hall–Kier alpha value is -0.780. The van der Waals surface area contributed by atoms with E-state index in [9.17, 15) is 46.0 Å². The van der Waals surface area contributed by atoms with Gasteiger partial charge in [0.05, 0.1) is 32.0 Å². The van der Waals surface area contributed by atoms with Crippen LogP contribution < -0.4 is 0 Å². The van der Waals surface area contributed by atoms with E-state index in [-0.39, 0.29) is 35.4 Å². The molecule has 3 aliphatic carbocycles. The predicted octanol–water partition coefficient (Wildman–Crippen LogP) is -1.07. The maximum Gasteiger partial charge on any atom is 0.187 e. The highest BCUT2D eigenvalue weighted by molar-refractivity contribution is 5.25. The summed E-state index contributed by atoms with van der Waals surface area (Å²) >= 11 is 0. The second kappa shape index (κ2) is 13.3. The first-order chi connectivity index (χ1) is 21.1. The van der Waals surface area contributed by atoms with Gasteiger partial charge in [-0.05, 0) is 61.2 Å². The number of aliphatic hydroxyl groups is 9. The SMILES string of the molecule is CC1(C)[C@H]2CCC3=C[C@@](C)([C@H](CO)O[C@@H]4O[C@H](CO)[C@@H](O)[C@H](O)[C@H]4O)CC[C@H]3[C@]2(C)CC[C@H]1O[C@@H]1O[C@H](CO)[C@@H](O)[C@H](O)[C@H]1O. The third kappa shape index (κ3) is 6.16. The zero-order valence-corrected chi connectivity index (χ0v) is 26.7. The largest absolute Gasteiger partial charge is 0.394 e. The van der Waals surface area contributed by atoms with Gasteiger partial charge in [0, 0.05) is 5.41 Å². The summed E-state index contributed by atoms with van der Waals surface area (Å²) in [6.07, 6.45) is -7.72. The third-order valence-electron chi connectivity index (χ3n) is 12.1. The van der Waals surface area contributed by atoms with Crippen LogP contribution >= 0.6 is 0 Å². The molecule has 0 aromatic rings. The van der Waals surface area contributed by atoms with Crippen LogP contribution in [0.25, 0.3) is 0 Å². The van der Waals surface area contributed by atoms with E-state index in [1.807, 2.05) is 6.92 Å². The van der Waals surface area contributed by atoms with Crippen molar-refractivity contribution in [3.05, 3.63) is 11.6 Å². The van der Waals surface area contributed by atoms with Gasteiger partial charge in [-0.25, -0.2) is 0 Å². The highest BCUT2D eigenvalue weighted by Gasteiger charge is 2.59. The zero-order valence-electron chi connectivity index (χ0n) is 26.7. The number of hydrogen-bond donors (Lipinski definition) is 9. The summed E-state index contributed by atoms with van der Waals surface area (Å²) in [5.74, 6) is 0.544. The van der Waals surface area contributed by atoms with Crippen LogP contribution in [0, 0.1) is 28.1 Å². The highest BCUT2D eigenvalue weighted by atomic mass is 16.7. The van der Waals surface area contributed by atoms with Gasteiger partial charge in [0.25, 0.3) is 0 Å². The summed E-state index contributed by atoms with van der Waals surface area (Å²) in [6, 6.07) is 0. The van der Waals surface area contributed by atoms with Crippen molar-refractivity contribution in [2.75, 3.05) is 19.8 Å². The van der Waals surface area contributed by atoms with Crippen molar-refractivity contribution in [2.45, 2.75) is 140 Å². The van der Waals surface area contributed by atoms with Gasteiger partial charge in [-0.2, -0.15) is 0 Å². The number of hydrogen-bond acceptors (Lipinski definition) is 13. The second-order valence-electron chi connectivity index (χ2n) is 15.1. The zero-order chi connectivity index (χ0) is 33.1. The highest BCUT2D eigenvalue weighted by Crippen LogP contribution is 2.64. The minimum atomic E-state index is -1.57. The molecule has 5 aliphatic rings. The molecule has 4 fully saturated rings. The van der Waals surface area contributed by atoms with Gasteiger partial charge in [0.15, 0.2) is 12.6 Å². The standard InChI is InChI=1S/C32H54O13/c1-30(2)19-6-5-15-11-31(3,21(14-35)45-29-27(41)25(39)23(37)18(13-34)43-29)9-7-16(15)32(19,4)10-8-20(30)44-28-26(40)24(38)22(36)17(12-33)42-28/h11,16-29,33-41H,5-10,12-14H2,1-4H3/t16-,17-,18-,19-,20-,21+,22-,23-,24+,25+,26-,27-,28+,29+,31+,32+/m1/s1. The van der Waals surface area contributed by atoms with Crippen LogP contribution in [0.5, 0.6) is 0 Å². The van der Waals surface area contributed by atoms with Crippen molar-refractivity contribution in [1.29, 1.82) is 0 Å². The lowest BCUT2D eigenvalue weighted by molar-refractivity contribution is -0.327. The molecule has 0 radical (unpaired) electrons. The molecule has 45 heavy (non-hydrogen) atoms. The van der Waals surface area contributed by atoms with Gasteiger partial charge >= 0.3 is 0 Å². The molecule has 5 rings (SSSR count). The second-order valence-corrected chi connectivity index (χ2v) is 15.1. The maximum atomic E-state index is 10.6. The van der Waals surface area contributed by atoms with Crippen LogP contribution in [0.3, 0.4) is 0 Å². The summed E-state index contributed by atoms with van der Waals surface area (Å²) < 4.78 is 23.7. The Kier molecular flexibility index (Phi) is 10.5. The summed E-state index contributed by atoms with van der Waals surface area (Å²) in [5, 5.41) is 91.6. The molecular weight excluding hydrogens is 592 g/mol. The Morgan fingerprint density at radius 1 is 0.756 bits per heavy atom. The normalized spacial score (nSPS) is 50.7. The lowest BCUT2D eigenvalue weighted by atomic mass is 9.45. The first-order valence-corrected chi connectivity index (χ1v) is 16.4. The summed E-state index contributed by atoms with van der Waals surface area (Å²) in [7, 11) is 0. The number of rotatable bonds is 8.